The fraction of sp³-hybridized carbons (Fsp3) is 0.793. The summed E-state index contributed by atoms with van der Waals surface area (Å²) in [5.41, 5.74) is -0.478. The third kappa shape index (κ3) is 7.21. The van der Waals surface area contributed by atoms with Crippen LogP contribution in [0.25, 0.3) is 0 Å². The molecule has 188 valence electrons. The van der Waals surface area contributed by atoms with Gasteiger partial charge < -0.3 is 0 Å². The first-order valence-corrected chi connectivity index (χ1v) is 13.7. The van der Waals surface area contributed by atoms with Crippen LogP contribution in [0.5, 0.6) is 0 Å². The number of unbranched alkanes of at least 4 members (excludes halogenated alkanes) is 4. The molecule has 2 saturated carbocycles. The maximum absolute atomic E-state index is 14.6. The van der Waals surface area contributed by atoms with E-state index in [1.807, 2.05) is 0 Å². The van der Waals surface area contributed by atoms with Crippen molar-refractivity contribution in [3.05, 3.63) is 34.9 Å². The summed E-state index contributed by atoms with van der Waals surface area (Å²) >= 11 is 0. The predicted molar refractivity (Wildman–Crippen MR) is 129 cm³/mol. The number of alkyl halides is 2. The molecule has 0 saturated heterocycles. The minimum absolute atomic E-state index is 0.0819. The lowest BCUT2D eigenvalue weighted by Crippen LogP contribution is -2.25. The van der Waals surface area contributed by atoms with Gasteiger partial charge in [-0.25, -0.2) is 17.6 Å². The van der Waals surface area contributed by atoms with Crippen molar-refractivity contribution >= 4 is 0 Å². The van der Waals surface area contributed by atoms with Gasteiger partial charge in [0.15, 0.2) is 0 Å². The minimum atomic E-state index is -3.45. The van der Waals surface area contributed by atoms with E-state index in [4.69, 9.17) is 0 Å². The molecule has 3 rings (SSSR count). The summed E-state index contributed by atoms with van der Waals surface area (Å²) < 4.78 is 57.9. The molecule has 2 fully saturated rings. The van der Waals surface area contributed by atoms with Crippen LogP contribution in [0.3, 0.4) is 0 Å². The second kappa shape index (κ2) is 12.6. The molecule has 1 aromatic carbocycles. The van der Waals surface area contributed by atoms with Crippen molar-refractivity contribution in [1.82, 2.24) is 0 Å². The first-order valence-electron chi connectivity index (χ1n) is 13.7. The van der Waals surface area contributed by atoms with E-state index in [1.54, 1.807) is 6.92 Å². The molecule has 0 unspecified atom stereocenters. The lowest BCUT2D eigenvalue weighted by Gasteiger charge is -2.38. The van der Waals surface area contributed by atoms with Crippen LogP contribution in [0, 0.1) is 29.4 Å². The number of hydrogen-bond acceptors (Lipinski definition) is 0. The summed E-state index contributed by atoms with van der Waals surface area (Å²) in [5, 5.41) is 0. The zero-order chi connectivity index (χ0) is 23.8. The normalized spacial score (nSPS) is 26.5. The third-order valence-electron chi connectivity index (χ3n) is 8.54. The molecule has 2 aliphatic carbocycles. The highest BCUT2D eigenvalue weighted by molar-refractivity contribution is 5.32. The molecule has 1 aromatic rings. The highest BCUT2D eigenvalue weighted by Gasteiger charge is 2.38. The van der Waals surface area contributed by atoms with Gasteiger partial charge in [-0.2, -0.15) is 0 Å². The van der Waals surface area contributed by atoms with Crippen LogP contribution in [-0.4, -0.2) is 0 Å². The number of halogens is 4. The molecule has 0 amide bonds. The van der Waals surface area contributed by atoms with E-state index >= 15 is 0 Å². The first kappa shape index (κ1) is 26.5. The lowest BCUT2D eigenvalue weighted by atomic mass is 9.68. The molecule has 0 heterocycles. The summed E-state index contributed by atoms with van der Waals surface area (Å²) in [5.74, 6) is -3.10. The van der Waals surface area contributed by atoms with Gasteiger partial charge in [-0.3, -0.25) is 0 Å². The van der Waals surface area contributed by atoms with Gasteiger partial charge in [0.2, 0.25) is 0 Å². The fourth-order valence-corrected chi connectivity index (χ4v) is 6.43. The molecule has 0 spiro atoms. The van der Waals surface area contributed by atoms with Gasteiger partial charge in [-0.1, -0.05) is 65.2 Å². The van der Waals surface area contributed by atoms with E-state index in [0.717, 1.165) is 43.4 Å². The Morgan fingerprint density at radius 2 is 1.27 bits per heavy atom. The predicted octanol–water partition coefficient (Wildman–Crippen LogP) is 10.3. The van der Waals surface area contributed by atoms with Crippen molar-refractivity contribution in [2.45, 2.75) is 128 Å². The third-order valence-corrected chi connectivity index (χ3v) is 8.54. The van der Waals surface area contributed by atoms with E-state index in [9.17, 15) is 17.6 Å². The van der Waals surface area contributed by atoms with Gasteiger partial charge in [0.1, 0.15) is 11.6 Å². The summed E-state index contributed by atoms with van der Waals surface area (Å²) in [4.78, 5) is 0. The summed E-state index contributed by atoms with van der Waals surface area (Å²) in [6.07, 6.45) is 16.5. The topological polar surface area (TPSA) is 0 Å². The van der Waals surface area contributed by atoms with Gasteiger partial charge in [0.05, 0.1) is 5.56 Å². The quantitative estimate of drug-likeness (QED) is 0.224. The molecule has 4 heteroatoms. The Morgan fingerprint density at radius 3 is 1.82 bits per heavy atom. The van der Waals surface area contributed by atoms with Gasteiger partial charge in [0.25, 0.3) is 5.92 Å². The second-order valence-electron chi connectivity index (χ2n) is 10.9. The molecular weight excluding hydrogens is 424 g/mol. The summed E-state index contributed by atoms with van der Waals surface area (Å²) in [7, 11) is 0. The Bertz CT molecular complexity index is 689. The Morgan fingerprint density at radius 1 is 0.727 bits per heavy atom. The minimum Gasteiger partial charge on any atom is -0.206 e. The van der Waals surface area contributed by atoms with Crippen molar-refractivity contribution in [2.75, 3.05) is 0 Å². The lowest BCUT2D eigenvalue weighted by molar-refractivity contribution is -0.0222. The molecule has 0 bridgehead atoms. The van der Waals surface area contributed by atoms with Crippen molar-refractivity contribution in [3.8, 4) is 0 Å². The van der Waals surface area contributed by atoms with Gasteiger partial charge in [0, 0.05) is 6.42 Å². The number of hydrogen-bond donors (Lipinski definition) is 0. The smallest absolute Gasteiger partial charge is 0.206 e. The number of benzene rings is 1. The van der Waals surface area contributed by atoms with Crippen LogP contribution >= 0.6 is 0 Å². The van der Waals surface area contributed by atoms with E-state index in [0.29, 0.717) is 12.0 Å². The largest absolute Gasteiger partial charge is 0.278 e. The van der Waals surface area contributed by atoms with Gasteiger partial charge in [-0.05, 0) is 86.3 Å². The Kier molecular flexibility index (Phi) is 10.1. The molecule has 33 heavy (non-hydrogen) atoms. The summed E-state index contributed by atoms with van der Waals surface area (Å²) in [6, 6.07) is 2.38. The average molecular weight is 469 g/mol. The molecule has 0 N–H and O–H groups in total. The van der Waals surface area contributed by atoms with Crippen LogP contribution in [-0.2, 0) is 5.92 Å². The second-order valence-corrected chi connectivity index (χ2v) is 10.9. The Labute approximate surface area is 198 Å². The molecule has 2 aliphatic rings. The summed E-state index contributed by atoms with van der Waals surface area (Å²) in [6.45, 7) is 4.05. The highest BCUT2D eigenvalue weighted by atomic mass is 19.3. The Balaban J connectivity index is 1.50. The fourth-order valence-electron chi connectivity index (χ4n) is 6.43. The maximum atomic E-state index is 14.6. The van der Waals surface area contributed by atoms with Gasteiger partial charge in [-0.15, -0.1) is 0 Å². The molecule has 0 aliphatic heterocycles. The standard InChI is InChI=1S/C29H44F4/c1-3-5-7-8-9-21-10-12-22(13-11-21)23-14-16-24(17-15-23)25-19-26(30)28(27(31)20-25)29(32,33)18-6-4-2/h19-24H,3-18H2,1-2H3. The van der Waals surface area contributed by atoms with Gasteiger partial charge >= 0.3 is 0 Å². The molecule has 0 nitrogen and oxygen atoms in total. The van der Waals surface area contributed by atoms with Crippen LogP contribution < -0.4 is 0 Å². The van der Waals surface area contributed by atoms with E-state index in [2.05, 4.69) is 6.92 Å². The zero-order valence-corrected chi connectivity index (χ0v) is 20.8. The van der Waals surface area contributed by atoms with Crippen LogP contribution in [0.4, 0.5) is 17.6 Å². The molecule has 0 atom stereocenters. The zero-order valence-electron chi connectivity index (χ0n) is 20.8. The van der Waals surface area contributed by atoms with Crippen molar-refractivity contribution < 1.29 is 17.6 Å². The van der Waals surface area contributed by atoms with E-state index in [1.165, 1.54) is 69.9 Å². The first-order chi connectivity index (χ1) is 15.9. The molecular formula is C29H44F4. The highest BCUT2D eigenvalue weighted by Crippen LogP contribution is 2.45. The SMILES string of the molecule is CCCCCCC1CCC(C2CCC(c3cc(F)c(C(F)(F)CCCC)c(F)c3)CC2)CC1. The Hall–Kier alpha value is -1.06. The van der Waals surface area contributed by atoms with Crippen LogP contribution in [0.15, 0.2) is 12.1 Å². The van der Waals surface area contributed by atoms with Crippen LogP contribution in [0.1, 0.15) is 134 Å². The van der Waals surface area contributed by atoms with E-state index < -0.39 is 29.5 Å². The van der Waals surface area contributed by atoms with Crippen molar-refractivity contribution in [1.29, 1.82) is 0 Å². The molecule has 0 radical (unpaired) electrons. The van der Waals surface area contributed by atoms with Crippen molar-refractivity contribution in [2.24, 2.45) is 17.8 Å². The average Bonchev–Trinajstić information content (AvgIpc) is 2.80. The van der Waals surface area contributed by atoms with Crippen molar-refractivity contribution in [3.63, 3.8) is 0 Å². The van der Waals surface area contributed by atoms with Crippen LogP contribution in [0.2, 0.25) is 0 Å². The molecule has 0 aromatic heterocycles. The number of rotatable bonds is 11. The maximum Gasteiger partial charge on any atom is 0.278 e. The monoisotopic (exact) mass is 468 g/mol. The van der Waals surface area contributed by atoms with E-state index in [-0.39, 0.29) is 12.3 Å².